The van der Waals surface area contributed by atoms with Gasteiger partial charge in [0.2, 0.25) is 0 Å². The van der Waals surface area contributed by atoms with Crippen molar-refractivity contribution < 1.29 is 0 Å². The predicted molar refractivity (Wildman–Crippen MR) is 70.0 cm³/mol. The maximum atomic E-state index is 6.15. The molecule has 0 radical (unpaired) electrons. The van der Waals surface area contributed by atoms with Crippen LogP contribution in [0, 0.1) is 13.8 Å². The fraction of sp³-hybridized carbons (Fsp3) is 0.571. The molecule has 0 amide bonds. The van der Waals surface area contributed by atoms with Crippen molar-refractivity contribution in [2.45, 2.75) is 39.2 Å². The van der Waals surface area contributed by atoms with E-state index >= 15 is 0 Å². The van der Waals surface area contributed by atoms with Gasteiger partial charge in [0.05, 0.1) is 0 Å². The Labute approximate surface area is 98.4 Å². The van der Waals surface area contributed by atoms with E-state index in [0.29, 0.717) is 0 Å². The second-order valence-electron chi connectivity index (χ2n) is 5.43. The molecule has 2 rings (SSSR count). The Bertz CT molecular complexity index is 372. The second kappa shape index (κ2) is 4.10. The first-order valence-electron chi connectivity index (χ1n) is 6.09. The molecule has 16 heavy (non-hydrogen) atoms. The molecule has 0 unspecified atom stereocenters. The molecular formula is C14H22N2. The first-order valence-corrected chi connectivity index (χ1v) is 6.09. The number of hydrogen-bond acceptors (Lipinski definition) is 2. The summed E-state index contributed by atoms with van der Waals surface area (Å²) in [7, 11) is 0. The fourth-order valence-corrected chi connectivity index (χ4v) is 2.42. The zero-order valence-electron chi connectivity index (χ0n) is 10.6. The molecule has 1 saturated heterocycles. The Morgan fingerprint density at radius 2 is 1.81 bits per heavy atom. The van der Waals surface area contributed by atoms with Crippen LogP contribution in [0.5, 0.6) is 0 Å². The molecule has 0 atom stereocenters. The molecule has 0 aliphatic carbocycles. The molecule has 1 aromatic carbocycles. The third-order valence-corrected chi connectivity index (χ3v) is 3.60. The summed E-state index contributed by atoms with van der Waals surface area (Å²) in [6, 6.07) is 6.69. The molecule has 2 nitrogen and oxygen atoms in total. The largest absolute Gasteiger partial charge is 0.371 e. The molecule has 1 heterocycles. The van der Waals surface area contributed by atoms with E-state index in [-0.39, 0.29) is 5.54 Å². The van der Waals surface area contributed by atoms with Gasteiger partial charge in [-0.05, 0) is 45.2 Å². The van der Waals surface area contributed by atoms with Gasteiger partial charge in [0, 0.05) is 24.3 Å². The third-order valence-electron chi connectivity index (χ3n) is 3.60. The minimum absolute atomic E-state index is 0.0368. The normalized spacial score (nSPS) is 19.9. The van der Waals surface area contributed by atoms with E-state index in [0.717, 1.165) is 25.9 Å². The van der Waals surface area contributed by atoms with Crippen LogP contribution in [0.1, 0.15) is 30.9 Å². The second-order valence-corrected chi connectivity index (χ2v) is 5.43. The van der Waals surface area contributed by atoms with Crippen LogP contribution in [0.25, 0.3) is 0 Å². The van der Waals surface area contributed by atoms with Gasteiger partial charge in [0.15, 0.2) is 0 Å². The lowest BCUT2D eigenvalue weighted by molar-refractivity contribution is 0.364. The van der Waals surface area contributed by atoms with Gasteiger partial charge >= 0.3 is 0 Å². The molecule has 2 N–H and O–H groups in total. The summed E-state index contributed by atoms with van der Waals surface area (Å²) < 4.78 is 0. The van der Waals surface area contributed by atoms with E-state index in [1.165, 1.54) is 16.8 Å². The summed E-state index contributed by atoms with van der Waals surface area (Å²) in [5.41, 5.74) is 10.3. The van der Waals surface area contributed by atoms with Crippen LogP contribution in [-0.2, 0) is 0 Å². The molecular weight excluding hydrogens is 196 g/mol. The zero-order valence-corrected chi connectivity index (χ0v) is 10.6. The van der Waals surface area contributed by atoms with Crippen molar-refractivity contribution in [3.05, 3.63) is 29.3 Å². The molecule has 1 aliphatic rings. The van der Waals surface area contributed by atoms with Gasteiger partial charge in [-0.25, -0.2) is 0 Å². The van der Waals surface area contributed by atoms with Crippen LogP contribution in [0.15, 0.2) is 18.2 Å². The summed E-state index contributed by atoms with van der Waals surface area (Å²) in [5.74, 6) is 0. The van der Waals surface area contributed by atoms with Gasteiger partial charge in [0.1, 0.15) is 0 Å². The molecule has 1 fully saturated rings. The van der Waals surface area contributed by atoms with Crippen molar-refractivity contribution >= 4 is 5.69 Å². The summed E-state index contributed by atoms with van der Waals surface area (Å²) in [5, 5.41) is 0. The monoisotopic (exact) mass is 218 g/mol. The van der Waals surface area contributed by atoms with Gasteiger partial charge in [-0.15, -0.1) is 0 Å². The van der Waals surface area contributed by atoms with E-state index in [4.69, 9.17) is 5.73 Å². The number of nitrogens with two attached hydrogens (primary N) is 1. The minimum atomic E-state index is 0.0368. The van der Waals surface area contributed by atoms with E-state index in [9.17, 15) is 0 Å². The molecule has 0 saturated carbocycles. The van der Waals surface area contributed by atoms with Gasteiger partial charge in [-0.2, -0.15) is 0 Å². The number of rotatable bonds is 1. The average Bonchev–Trinajstić information content (AvgIpc) is 2.19. The number of benzene rings is 1. The highest BCUT2D eigenvalue weighted by Crippen LogP contribution is 2.27. The Balaban J connectivity index is 2.14. The fourth-order valence-electron chi connectivity index (χ4n) is 2.42. The number of hydrogen-bond donors (Lipinski definition) is 1. The molecule has 2 heteroatoms. The number of piperidine rings is 1. The number of anilines is 1. The Morgan fingerprint density at radius 3 is 2.38 bits per heavy atom. The van der Waals surface area contributed by atoms with Crippen LogP contribution in [0.3, 0.4) is 0 Å². The van der Waals surface area contributed by atoms with Crippen molar-refractivity contribution in [3.8, 4) is 0 Å². The van der Waals surface area contributed by atoms with Crippen LogP contribution >= 0.6 is 0 Å². The number of aryl methyl sites for hydroxylation is 2. The first-order chi connectivity index (χ1) is 7.48. The van der Waals surface area contributed by atoms with Crippen LogP contribution < -0.4 is 10.6 Å². The topological polar surface area (TPSA) is 29.3 Å². The van der Waals surface area contributed by atoms with Crippen molar-refractivity contribution in [1.82, 2.24) is 0 Å². The third kappa shape index (κ3) is 2.38. The summed E-state index contributed by atoms with van der Waals surface area (Å²) in [4.78, 5) is 2.46. The van der Waals surface area contributed by atoms with E-state index in [2.05, 4.69) is 43.9 Å². The maximum Gasteiger partial charge on any atom is 0.0396 e. The van der Waals surface area contributed by atoms with Gasteiger partial charge in [0.25, 0.3) is 0 Å². The minimum Gasteiger partial charge on any atom is -0.371 e. The van der Waals surface area contributed by atoms with Crippen molar-refractivity contribution in [2.24, 2.45) is 5.73 Å². The summed E-state index contributed by atoms with van der Waals surface area (Å²) >= 11 is 0. The SMILES string of the molecule is Cc1ccc(N2CCC(C)(N)CC2)c(C)c1. The average molecular weight is 218 g/mol. The Kier molecular flexibility index (Phi) is 2.94. The molecule has 0 spiro atoms. The highest BCUT2D eigenvalue weighted by atomic mass is 15.1. The molecule has 0 bridgehead atoms. The predicted octanol–water partition coefficient (Wildman–Crippen LogP) is 2.62. The van der Waals surface area contributed by atoms with Crippen molar-refractivity contribution in [1.29, 1.82) is 0 Å². The highest BCUT2D eigenvalue weighted by molar-refractivity contribution is 5.54. The lowest BCUT2D eigenvalue weighted by Gasteiger charge is -2.38. The molecule has 0 aromatic heterocycles. The van der Waals surface area contributed by atoms with E-state index < -0.39 is 0 Å². The quantitative estimate of drug-likeness (QED) is 0.785. The van der Waals surface area contributed by atoms with Gasteiger partial charge in [-0.1, -0.05) is 17.7 Å². The summed E-state index contributed by atoms with van der Waals surface area (Å²) in [6.45, 7) is 8.66. The molecule has 88 valence electrons. The standard InChI is InChI=1S/C14H22N2/c1-11-4-5-13(12(2)10-11)16-8-6-14(3,15)7-9-16/h4-5,10H,6-9,15H2,1-3H3. The highest BCUT2D eigenvalue weighted by Gasteiger charge is 2.26. The van der Waals surface area contributed by atoms with Crippen LogP contribution in [0.2, 0.25) is 0 Å². The maximum absolute atomic E-state index is 6.15. The Morgan fingerprint density at radius 1 is 1.19 bits per heavy atom. The van der Waals surface area contributed by atoms with Gasteiger partial charge in [-0.3, -0.25) is 0 Å². The summed E-state index contributed by atoms with van der Waals surface area (Å²) in [6.07, 6.45) is 2.17. The Hall–Kier alpha value is -1.02. The zero-order chi connectivity index (χ0) is 11.8. The van der Waals surface area contributed by atoms with Gasteiger partial charge < -0.3 is 10.6 Å². The molecule has 1 aromatic rings. The van der Waals surface area contributed by atoms with E-state index in [1.54, 1.807) is 0 Å². The molecule has 1 aliphatic heterocycles. The lowest BCUT2D eigenvalue weighted by Crippen LogP contribution is -2.48. The first kappa shape index (κ1) is 11.5. The smallest absolute Gasteiger partial charge is 0.0396 e. The van der Waals surface area contributed by atoms with Crippen LogP contribution in [-0.4, -0.2) is 18.6 Å². The van der Waals surface area contributed by atoms with Crippen molar-refractivity contribution in [2.75, 3.05) is 18.0 Å². The van der Waals surface area contributed by atoms with E-state index in [1.807, 2.05) is 0 Å². The lowest BCUT2D eigenvalue weighted by atomic mass is 9.90. The van der Waals surface area contributed by atoms with Crippen LogP contribution in [0.4, 0.5) is 5.69 Å². The van der Waals surface area contributed by atoms with Crippen molar-refractivity contribution in [3.63, 3.8) is 0 Å². The number of nitrogens with zero attached hydrogens (tertiary/aromatic N) is 1.